The van der Waals surface area contributed by atoms with Crippen molar-refractivity contribution in [1.29, 1.82) is 0 Å². The molecule has 1 fully saturated rings. The Kier molecular flexibility index (Phi) is 3.67. The third kappa shape index (κ3) is 2.77. The normalized spacial score (nSPS) is 20.4. The molecule has 19 heavy (non-hydrogen) atoms. The highest BCUT2D eigenvalue weighted by molar-refractivity contribution is 7.81. The summed E-state index contributed by atoms with van der Waals surface area (Å²) in [5, 5.41) is -1.45. The van der Waals surface area contributed by atoms with Crippen molar-refractivity contribution in [2.24, 2.45) is 0 Å². The van der Waals surface area contributed by atoms with Crippen LogP contribution in [0.4, 0.5) is 26.3 Å². The average Bonchev–Trinajstić information content (AvgIpc) is 2.80. The molecule has 2 rings (SSSR count). The van der Waals surface area contributed by atoms with Crippen LogP contribution in [-0.2, 0) is 17.8 Å². The molecular formula is C11H11F6PS. The average molecular weight is 320 g/mol. The van der Waals surface area contributed by atoms with Crippen LogP contribution in [-0.4, -0.2) is 0 Å². The Balaban J connectivity index is 2.60. The lowest BCUT2D eigenvalue weighted by atomic mass is 9.84. The summed E-state index contributed by atoms with van der Waals surface area (Å²) in [5.41, 5.74) is -2.19. The molecule has 0 unspecified atom stereocenters. The summed E-state index contributed by atoms with van der Waals surface area (Å²) in [4.78, 5) is -0.119. The van der Waals surface area contributed by atoms with Gasteiger partial charge >= 0.3 is 12.4 Å². The molecule has 0 atom stereocenters. The minimum atomic E-state index is -4.94. The Morgan fingerprint density at radius 3 is 1.95 bits per heavy atom. The van der Waals surface area contributed by atoms with E-state index in [0.29, 0.717) is 23.8 Å². The van der Waals surface area contributed by atoms with Gasteiger partial charge in [0.15, 0.2) is 0 Å². The van der Waals surface area contributed by atoms with E-state index < -0.39 is 28.6 Å². The van der Waals surface area contributed by atoms with Crippen molar-refractivity contribution >= 4 is 18.3 Å². The highest BCUT2D eigenvalue weighted by Gasteiger charge is 2.50. The van der Waals surface area contributed by atoms with Gasteiger partial charge in [0.2, 0.25) is 0 Å². The van der Waals surface area contributed by atoms with E-state index in [2.05, 4.69) is 0 Å². The highest BCUT2D eigenvalue weighted by Crippen LogP contribution is 2.56. The Hall–Kier alpha value is -0.290. The smallest absolute Gasteiger partial charge is 0.166 e. The van der Waals surface area contributed by atoms with Gasteiger partial charge in [-0.15, -0.1) is 10.9 Å². The molecule has 0 N–H and O–H groups in total. The van der Waals surface area contributed by atoms with E-state index in [9.17, 15) is 26.3 Å². The van der Waals surface area contributed by atoms with Gasteiger partial charge in [0.05, 0.1) is 5.56 Å². The monoisotopic (exact) mass is 320 g/mol. The zero-order valence-corrected chi connectivity index (χ0v) is 11.7. The lowest BCUT2D eigenvalue weighted by molar-refractivity contribution is -0.160. The van der Waals surface area contributed by atoms with Crippen LogP contribution in [0, 0.1) is 0 Å². The molecule has 0 saturated heterocycles. The lowest BCUT2D eigenvalue weighted by Gasteiger charge is -2.25. The van der Waals surface area contributed by atoms with Gasteiger partial charge in [-0.2, -0.15) is 26.3 Å². The molecule has 1 aliphatic carbocycles. The molecule has 0 aromatic carbocycles. The summed E-state index contributed by atoms with van der Waals surface area (Å²) in [6, 6.07) is 0. The predicted molar refractivity (Wildman–Crippen MR) is 62.7 cm³/mol. The zero-order chi connectivity index (χ0) is 14.5. The van der Waals surface area contributed by atoms with Crippen LogP contribution in [0.1, 0.15) is 48.3 Å². The van der Waals surface area contributed by atoms with Crippen molar-refractivity contribution in [3.63, 3.8) is 0 Å². The predicted octanol–water partition coefficient (Wildman–Crippen LogP) is 6.20. The third-order valence-electron chi connectivity index (χ3n) is 3.50. The second-order valence-corrected chi connectivity index (χ2v) is 7.31. The molecule has 1 saturated carbocycles. The summed E-state index contributed by atoms with van der Waals surface area (Å²) in [7, 11) is 0.333. The quantitative estimate of drug-likeness (QED) is 0.541. The SMILES string of the molecule is CC1(c2spc(C(F)(F)F)c2C(F)(F)F)CCCC1. The van der Waals surface area contributed by atoms with Crippen LogP contribution >= 0.6 is 18.3 Å². The van der Waals surface area contributed by atoms with Crippen molar-refractivity contribution in [2.75, 3.05) is 0 Å². The van der Waals surface area contributed by atoms with Crippen molar-refractivity contribution in [2.45, 2.75) is 50.4 Å². The van der Waals surface area contributed by atoms with E-state index in [1.54, 1.807) is 6.92 Å². The number of rotatable bonds is 1. The molecule has 1 aliphatic rings. The molecule has 0 radical (unpaired) electrons. The fourth-order valence-electron chi connectivity index (χ4n) is 2.54. The molecule has 0 nitrogen and oxygen atoms in total. The topological polar surface area (TPSA) is 0 Å². The number of hydrogen-bond donors (Lipinski definition) is 0. The molecule has 0 amide bonds. The van der Waals surface area contributed by atoms with E-state index in [4.69, 9.17) is 0 Å². The Morgan fingerprint density at radius 1 is 1.00 bits per heavy atom. The number of alkyl halides is 6. The van der Waals surface area contributed by atoms with Gasteiger partial charge in [0, 0.05) is 17.7 Å². The second kappa shape index (κ2) is 4.62. The van der Waals surface area contributed by atoms with Gasteiger partial charge in [0.25, 0.3) is 0 Å². The van der Waals surface area contributed by atoms with Crippen molar-refractivity contribution < 1.29 is 26.3 Å². The standard InChI is InChI=1S/C11H11F6PS/c1-9(4-2-3-5-9)8-6(10(12,13)14)7(18-19-8)11(15,16)17/h2-5H2,1H3. The first kappa shape index (κ1) is 15.1. The number of hydrogen-bond acceptors (Lipinski definition) is 1. The maximum atomic E-state index is 13.0. The number of halogens is 6. The van der Waals surface area contributed by atoms with Gasteiger partial charge in [-0.05, 0) is 12.8 Å². The van der Waals surface area contributed by atoms with Gasteiger partial charge in [0.1, 0.15) is 5.30 Å². The summed E-state index contributed by atoms with van der Waals surface area (Å²) in [6.07, 6.45) is -7.28. The van der Waals surface area contributed by atoms with E-state index in [0.717, 1.165) is 12.8 Å². The van der Waals surface area contributed by atoms with E-state index in [-0.39, 0.29) is 12.2 Å². The molecule has 1 aromatic heterocycles. The molecule has 0 bridgehead atoms. The van der Waals surface area contributed by atoms with Gasteiger partial charge in [-0.3, -0.25) is 0 Å². The minimum Gasteiger partial charge on any atom is -0.166 e. The van der Waals surface area contributed by atoms with E-state index in [1.165, 1.54) is 0 Å². The summed E-state index contributed by atoms with van der Waals surface area (Å²) in [5.74, 6) is 0. The Labute approximate surface area is 111 Å². The van der Waals surface area contributed by atoms with Crippen LogP contribution < -0.4 is 0 Å². The molecule has 8 heteroatoms. The van der Waals surface area contributed by atoms with Crippen molar-refractivity contribution in [3.8, 4) is 0 Å². The summed E-state index contributed by atoms with van der Waals surface area (Å²) >= 11 is 0. The molecule has 0 aliphatic heterocycles. The first-order chi connectivity index (χ1) is 8.56. The minimum absolute atomic E-state index is 0.119. The maximum Gasteiger partial charge on any atom is 0.422 e. The first-order valence-corrected chi connectivity index (χ1v) is 8.02. The van der Waals surface area contributed by atoms with Crippen LogP contribution in [0.3, 0.4) is 0 Å². The molecule has 1 heterocycles. The fraction of sp³-hybridized carbons (Fsp3) is 0.727. The molecular weight excluding hydrogens is 309 g/mol. The van der Waals surface area contributed by atoms with Gasteiger partial charge in [-0.25, -0.2) is 0 Å². The van der Waals surface area contributed by atoms with Crippen LogP contribution in [0.25, 0.3) is 0 Å². The van der Waals surface area contributed by atoms with E-state index >= 15 is 0 Å². The second-order valence-electron chi connectivity index (χ2n) is 5.00. The Bertz CT molecular complexity index is 467. The lowest BCUT2D eigenvalue weighted by Crippen LogP contribution is -2.23. The fourth-order valence-corrected chi connectivity index (χ4v) is 6.03. The van der Waals surface area contributed by atoms with Gasteiger partial charge in [-0.1, -0.05) is 19.8 Å². The van der Waals surface area contributed by atoms with E-state index in [1.807, 2.05) is 0 Å². The largest absolute Gasteiger partial charge is 0.422 e. The first-order valence-electron chi connectivity index (χ1n) is 5.70. The van der Waals surface area contributed by atoms with Gasteiger partial charge < -0.3 is 0 Å². The van der Waals surface area contributed by atoms with Crippen LogP contribution in [0.15, 0.2) is 0 Å². The highest BCUT2D eigenvalue weighted by atomic mass is 32.5. The van der Waals surface area contributed by atoms with Crippen molar-refractivity contribution in [1.82, 2.24) is 0 Å². The molecule has 0 spiro atoms. The summed E-state index contributed by atoms with van der Waals surface area (Å²) in [6.45, 7) is 1.64. The summed E-state index contributed by atoms with van der Waals surface area (Å²) < 4.78 is 77.3. The third-order valence-corrected chi connectivity index (χ3v) is 6.50. The zero-order valence-electron chi connectivity index (χ0n) is 9.95. The van der Waals surface area contributed by atoms with Crippen LogP contribution in [0.2, 0.25) is 0 Å². The Morgan fingerprint density at radius 2 is 1.53 bits per heavy atom. The van der Waals surface area contributed by atoms with Crippen LogP contribution in [0.5, 0.6) is 0 Å². The van der Waals surface area contributed by atoms with Crippen molar-refractivity contribution in [3.05, 3.63) is 15.7 Å². The molecule has 108 valence electrons. The molecule has 1 aromatic rings. The maximum absolute atomic E-state index is 13.0.